The van der Waals surface area contributed by atoms with Gasteiger partial charge in [-0.25, -0.2) is 0 Å². The fraction of sp³-hybridized carbons (Fsp3) is 0.625. The first kappa shape index (κ1) is 19.7. The van der Waals surface area contributed by atoms with Gasteiger partial charge in [0.2, 0.25) is 0 Å². The maximum absolute atomic E-state index is 11.3. The minimum atomic E-state index is -0.620. The van der Waals surface area contributed by atoms with E-state index in [0.717, 1.165) is 32.1 Å². The molecule has 0 radical (unpaired) electrons. The minimum absolute atomic E-state index is 0.446. The van der Waals surface area contributed by atoms with E-state index in [1.165, 1.54) is 24.8 Å². The normalized spacial score (nSPS) is 31.4. The lowest BCUT2D eigenvalue weighted by molar-refractivity contribution is -0.143. The smallest absolute Gasteiger partial charge is 0.310 e. The summed E-state index contributed by atoms with van der Waals surface area (Å²) in [6.07, 6.45) is 11.2. The summed E-state index contributed by atoms with van der Waals surface area (Å²) in [6, 6.07) is 12.4. The zero-order chi connectivity index (χ0) is 19.6. The van der Waals surface area contributed by atoms with Gasteiger partial charge in [-0.1, -0.05) is 48.9 Å². The lowest BCUT2D eigenvalue weighted by Crippen LogP contribution is -2.43. The van der Waals surface area contributed by atoms with Crippen LogP contribution in [0.4, 0.5) is 0 Å². The first-order valence-electron chi connectivity index (χ1n) is 11.1. The van der Waals surface area contributed by atoms with E-state index in [1.54, 1.807) is 5.57 Å². The van der Waals surface area contributed by atoms with Crippen molar-refractivity contribution < 1.29 is 9.90 Å². The number of hydrogen-bond donors (Lipinski definition) is 3. The lowest BCUT2D eigenvalue weighted by Gasteiger charge is -2.31. The summed E-state index contributed by atoms with van der Waals surface area (Å²) in [5.74, 6) is 0.0803. The minimum Gasteiger partial charge on any atom is -0.481 e. The Bertz CT molecular complexity index is 703. The Morgan fingerprint density at radius 3 is 2.43 bits per heavy atom. The van der Waals surface area contributed by atoms with Crippen LogP contribution in [0.5, 0.6) is 0 Å². The molecule has 4 heteroatoms. The summed E-state index contributed by atoms with van der Waals surface area (Å²) < 4.78 is 0. The number of carboxylic acids is 1. The average Bonchev–Trinajstić information content (AvgIpc) is 3.63. The molecule has 3 N–H and O–H groups in total. The van der Waals surface area contributed by atoms with Gasteiger partial charge in [-0.2, -0.15) is 0 Å². The van der Waals surface area contributed by atoms with Crippen molar-refractivity contribution in [2.45, 2.75) is 76.4 Å². The first-order valence-corrected chi connectivity index (χ1v) is 11.1. The molecule has 1 aromatic carbocycles. The van der Waals surface area contributed by atoms with Gasteiger partial charge in [-0.3, -0.25) is 4.79 Å². The Hall–Kier alpha value is -1.65. The zero-order valence-corrected chi connectivity index (χ0v) is 17.0. The summed E-state index contributed by atoms with van der Waals surface area (Å²) in [5, 5.41) is 16.8. The van der Waals surface area contributed by atoms with Crippen molar-refractivity contribution in [3.63, 3.8) is 0 Å². The molecular weight excluding hydrogens is 348 g/mol. The molecule has 1 aromatic rings. The van der Waals surface area contributed by atoms with Gasteiger partial charge in [-0.15, -0.1) is 0 Å². The van der Waals surface area contributed by atoms with Gasteiger partial charge in [0.25, 0.3) is 0 Å². The third-order valence-corrected chi connectivity index (χ3v) is 7.04. The SMILES string of the molecule is CC/C(=C\c1ccccc1)C1CC1NC1CCC(NCC2(C(=O)O)CC2)CC1. The molecule has 4 nitrogen and oxygen atoms in total. The molecule has 0 amide bonds. The van der Waals surface area contributed by atoms with Gasteiger partial charge in [0.15, 0.2) is 0 Å². The molecule has 0 saturated heterocycles. The van der Waals surface area contributed by atoms with Crippen LogP contribution in [0.2, 0.25) is 0 Å². The van der Waals surface area contributed by atoms with E-state index in [0.29, 0.717) is 30.6 Å². The van der Waals surface area contributed by atoms with E-state index in [4.69, 9.17) is 0 Å². The standard InChI is InChI=1S/C24H34N2O2/c1-2-18(14-17-6-4-3-5-7-17)21-15-22(21)26-20-10-8-19(9-11-20)25-16-24(12-13-24)23(27)28/h3-7,14,19-22,25-26H,2,8-13,15-16H2,1H3,(H,27,28)/b18-14+. The van der Waals surface area contributed by atoms with Crippen molar-refractivity contribution in [1.82, 2.24) is 10.6 Å². The molecule has 2 unspecified atom stereocenters. The Kier molecular flexibility index (Phi) is 5.88. The van der Waals surface area contributed by atoms with E-state index in [-0.39, 0.29) is 0 Å². The third kappa shape index (κ3) is 4.66. The van der Waals surface area contributed by atoms with Gasteiger partial charge in [-0.05, 0) is 62.8 Å². The van der Waals surface area contributed by atoms with Crippen LogP contribution in [0.25, 0.3) is 6.08 Å². The number of carbonyl (C=O) groups is 1. The van der Waals surface area contributed by atoms with Gasteiger partial charge in [0, 0.05) is 24.7 Å². The Balaban J connectivity index is 1.20. The van der Waals surface area contributed by atoms with Crippen LogP contribution in [-0.4, -0.2) is 35.7 Å². The lowest BCUT2D eigenvalue weighted by atomic mass is 9.90. The number of hydrogen-bond acceptors (Lipinski definition) is 3. The zero-order valence-electron chi connectivity index (χ0n) is 17.0. The fourth-order valence-electron chi connectivity index (χ4n) is 4.75. The van der Waals surface area contributed by atoms with E-state index < -0.39 is 11.4 Å². The summed E-state index contributed by atoms with van der Waals surface area (Å²) in [4.78, 5) is 11.3. The highest BCUT2D eigenvalue weighted by Crippen LogP contribution is 2.45. The van der Waals surface area contributed by atoms with Crippen LogP contribution in [-0.2, 0) is 4.79 Å². The summed E-state index contributed by atoms with van der Waals surface area (Å²) in [5.41, 5.74) is 2.44. The molecule has 3 fully saturated rings. The van der Waals surface area contributed by atoms with Crippen LogP contribution in [0.15, 0.2) is 35.9 Å². The van der Waals surface area contributed by atoms with Crippen LogP contribution >= 0.6 is 0 Å². The van der Waals surface area contributed by atoms with Gasteiger partial charge >= 0.3 is 5.97 Å². The molecule has 0 aliphatic heterocycles. The highest BCUT2D eigenvalue weighted by Gasteiger charge is 2.50. The van der Waals surface area contributed by atoms with Crippen LogP contribution in [0, 0.1) is 11.3 Å². The largest absolute Gasteiger partial charge is 0.481 e. The highest BCUT2D eigenvalue weighted by atomic mass is 16.4. The van der Waals surface area contributed by atoms with Crippen LogP contribution in [0.1, 0.15) is 63.9 Å². The molecule has 2 atom stereocenters. The molecule has 152 valence electrons. The van der Waals surface area contributed by atoms with Gasteiger partial charge in [0.05, 0.1) is 5.41 Å². The number of rotatable bonds is 9. The maximum Gasteiger partial charge on any atom is 0.310 e. The second-order valence-electron chi connectivity index (χ2n) is 9.11. The number of benzene rings is 1. The molecular formula is C24H34N2O2. The van der Waals surface area contributed by atoms with Gasteiger partial charge in [0.1, 0.15) is 0 Å². The summed E-state index contributed by atoms with van der Waals surface area (Å²) >= 11 is 0. The molecule has 3 saturated carbocycles. The molecule has 3 aliphatic rings. The van der Waals surface area contributed by atoms with Crippen molar-refractivity contribution in [2.24, 2.45) is 11.3 Å². The number of nitrogens with one attached hydrogen (secondary N) is 2. The second kappa shape index (κ2) is 8.38. The monoisotopic (exact) mass is 382 g/mol. The van der Waals surface area contributed by atoms with E-state index >= 15 is 0 Å². The average molecular weight is 383 g/mol. The van der Waals surface area contributed by atoms with Crippen LogP contribution in [0.3, 0.4) is 0 Å². The summed E-state index contributed by atoms with van der Waals surface area (Å²) in [7, 11) is 0. The predicted octanol–water partition coefficient (Wildman–Crippen LogP) is 4.22. The molecule has 28 heavy (non-hydrogen) atoms. The molecule has 4 rings (SSSR count). The molecule has 0 aromatic heterocycles. The van der Waals surface area contributed by atoms with Crippen molar-refractivity contribution in [1.29, 1.82) is 0 Å². The number of aliphatic carboxylic acids is 1. The fourth-order valence-corrected chi connectivity index (χ4v) is 4.75. The van der Waals surface area contributed by atoms with E-state index in [9.17, 15) is 9.90 Å². The Labute approximate surface area is 168 Å². The molecule has 0 spiro atoms. The molecule has 0 bridgehead atoms. The van der Waals surface area contributed by atoms with Crippen molar-refractivity contribution in [2.75, 3.05) is 6.54 Å². The van der Waals surface area contributed by atoms with Crippen molar-refractivity contribution in [3.05, 3.63) is 41.5 Å². The molecule has 0 heterocycles. The number of carboxylic acid groups (broad SMARTS) is 1. The van der Waals surface area contributed by atoms with Gasteiger partial charge < -0.3 is 15.7 Å². The second-order valence-corrected chi connectivity index (χ2v) is 9.11. The highest BCUT2D eigenvalue weighted by molar-refractivity contribution is 5.78. The van der Waals surface area contributed by atoms with Crippen LogP contribution < -0.4 is 10.6 Å². The quantitative estimate of drug-likeness (QED) is 0.598. The third-order valence-electron chi connectivity index (χ3n) is 7.04. The van der Waals surface area contributed by atoms with Crippen molar-refractivity contribution in [3.8, 4) is 0 Å². The first-order chi connectivity index (χ1) is 13.6. The Morgan fingerprint density at radius 1 is 1.14 bits per heavy atom. The van der Waals surface area contributed by atoms with Crippen molar-refractivity contribution >= 4 is 12.0 Å². The van der Waals surface area contributed by atoms with E-state index in [1.807, 2.05) is 0 Å². The molecule has 3 aliphatic carbocycles. The Morgan fingerprint density at radius 2 is 1.82 bits per heavy atom. The maximum atomic E-state index is 11.3. The summed E-state index contributed by atoms with van der Waals surface area (Å²) in [6.45, 7) is 2.92. The topological polar surface area (TPSA) is 61.4 Å². The van der Waals surface area contributed by atoms with E-state index in [2.05, 4.69) is 54.0 Å². The predicted molar refractivity (Wildman–Crippen MR) is 113 cm³/mol.